The van der Waals surface area contributed by atoms with Gasteiger partial charge in [0.05, 0.1) is 18.9 Å². The van der Waals surface area contributed by atoms with Gasteiger partial charge in [-0.15, -0.1) is 0 Å². The van der Waals surface area contributed by atoms with Crippen molar-refractivity contribution in [2.24, 2.45) is 0 Å². The predicted molar refractivity (Wildman–Crippen MR) is 74.6 cm³/mol. The first kappa shape index (κ1) is 13.1. The average Bonchev–Trinajstić information content (AvgIpc) is 3.08. The van der Waals surface area contributed by atoms with E-state index in [1.165, 1.54) is 5.56 Å². The van der Waals surface area contributed by atoms with Crippen molar-refractivity contribution in [2.75, 3.05) is 19.7 Å². The highest BCUT2D eigenvalue weighted by Crippen LogP contribution is 2.21. The monoisotopic (exact) mass is 275 g/mol. The first-order valence-electron chi connectivity index (χ1n) is 6.82. The zero-order valence-electron chi connectivity index (χ0n) is 11.3. The lowest BCUT2D eigenvalue weighted by atomic mass is 10.1. The minimum Gasteiger partial charge on any atom is -0.487 e. The van der Waals surface area contributed by atoms with Crippen LogP contribution in [0.4, 0.5) is 4.39 Å². The summed E-state index contributed by atoms with van der Waals surface area (Å²) in [6.07, 6.45) is 3.94. The van der Waals surface area contributed by atoms with Gasteiger partial charge in [-0.2, -0.15) is 5.10 Å². The molecule has 0 aliphatic carbocycles. The lowest BCUT2D eigenvalue weighted by Crippen LogP contribution is -2.33. The fraction of sp³-hybridized carbons (Fsp3) is 0.400. The van der Waals surface area contributed by atoms with Gasteiger partial charge in [-0.3, -0.25) is 4.68 Å². The first-order valence-corrected chi connectivity index (χ1v) is 6.82. The van der Waals surface area contributed by atoms with Crippen molar-refractivity contribution in [1.82, 2.24) is 15.1 Å². The van der Waals surface area contributed by atoms with E-state index in [2.05, 4.69) is 10.4 Å². The van der Waals surface area contributed by atoms with Crippen LogP contribution in [0.25, 0.3) is 0 Å². The van der Waals surface area contributed by atoms with Gasteiger partial charge in [-0.1, -0.05) is 30.3 Å². The van der Waals surface area contributed by atoms with Crippen molar-refractivity contribution in [3.05, 3.63) is 48.3 Å². The van der Waals surface area contributed by atoms with Crippen molar-refractivity contribution in [1.29, 1.82) is 0 Å². The van der Waals surface area contributed by atoms with Gasteiger partial charge in [0.15, 0.2) is 11.4 Å². The van der Waals surface area contributed by atoms with Crippen LogP contribution < -0.4 is 10.1 Å². The van der Waals surface area contributed by atoms with Crippen LogP contribution in [0.3, 0.4) is 0 Å². The molecule has 1 aliphatic rings. The molecule has 5 heteroatoms. The maximum atomic E-state index is 14.1. The molecule has 0 bridgehead atoms. The number of rotatable bonds is 5. The largest absolute Gasteiger partial charge is 0.487 e. The van der Waals surface area contributed by atoms with Gasteiger partial charge in [-0.05, 0) is 18.5 Å². The molecule has 20 heavy (non-hydrogen) atoms. The van der Waals surface area contributed by atoms with E-state index in [0.29, 0.717) is 31.8 Å². The maximum absolute atomic E-state index is 14.1. The Bertz CT molecular complexity index is 549. The summed E-state index contributed by atoms with van der Waals surface area (Å²) in [6, 6.07) is 10.1. The fourth-order valence-corrected chi connectivity index (χ4v) is 2.33. The summed E-state index contributed by atoms with van der Waals surface area (Å²) < 4.78 is 21.4. The van der Waals surface area contributed by atoms with E-state index in [1.54, 1.807) is 17.1 Å². The normalized spacial score (nSPS) is 22.1. The molecule has 1 fully saturated rings. The third-order valence-corrected chi connectivity index (χ3v) is 3.49. The van der Waals surface area contributed by atoms with Crippen molar-refractivity contribution >= 4 is 0 Å². The molecule has 1 aromatic heterocycles. The van der Waals surface area contributed by atoms with Gasteiger partial charge in [0.2, 0.25) is 0 Å². The van der Waals surface area contributed by atoms with Gasteiger partial charge in [0.1, 0.15) is 6.61 Å². The number of halogens is 1. The van der Waals surface area contributed by atoms with Crippen LogP contribution in [-0.2, 0) is 6.54 Å². The summed E-state index contributed by atoms with van der Waals surface area (Å²) in [6.45, 7) is 1.85. The number of benzene rings is 1. The molecule has 2 heterocycles. The number of ether oxygens (including phenoxy) is 1. The lowest BCUT2D eigenvalue weighted by Gasteiger charge is -2.17. The number of nitrogens with zero attached hydrogens (tertiary/aromatic N) is 2. The van der Waals surface area contributed by atoms with Crippen LogP contribution >= 0.6 is 0 Å². The Labute approximate surface area is 117 Å². The van der Waals surface area contributed by atoms with Gasteiger partial charge in [0, 0.05) is 6.54 Å². The fourth-order valence-electron chi connectivity index (χ4n) is 2.33. The molecule has 1 aromatic carbocycles. The van der Waals surface area contributed by atoms with Crippen LogP contribution in [-0.4, -0.2) is 35.1 Å². The van der Waals surface area contributed by atoms with Gasteiger partial charge < -0.3 is 10.1 Å². The van der Waals surface area contributed by atoms with Crippen LogP contribution in [0.15, 0.2) is 42.7 Å². The molecule has 1 N–H and O–H groups in total. The van der Waals surface area contributed by atoms with Crippen LogP contribution in [0.1, 0.15) is 12.0 Å². The molecule has 106 valence electrons. The molecule has 1 saturated heterocycles. The third kappa shape index (κ3) is 3.17. The van der Waals surface area contributed by atoms with Gasteiger partial charge in [-0.25, -0.2) is 4.39 Å². The molecule has 1 aliphatic heterocycles. The second kappa shape index (κ2) is 5.63. The molecule has 3 rings (SSSR count). The Morgan fingerprint density at radius 2 is 2.20 bits per heavy atom. The molecule has 1 atom stereocenters. The van der Waals surface area contributed by atoms with Crippen LogP contribution in [0, 0.1) is 0 Å². The highest BCUT2D eigenvalue weighted by Gasteiger charge is 2.34. The quantitative estimate of drug-likeness (QED) is 0.907. The summed E-state index contributed by atoms with van der Waals surface area (Å²) in [5.41, 5.74) is -0.0780. The van der Waals surface area contributed by atoms with Crippen molar-refractivity contribution < 1.29 is 9.13 Å². The summed E-state index contributed by atoms with van der Waals surface area (Å²) in [4.78, 5) is 0. The van der Waals surface area contributed by atoms with E-state index < -0.39 is 5.67 Å². The summed E-state index contributed by atoms with van der Waals surface area (Å²) >= 11 is 0. The Hall–Kier alpha value is -1.88. The second-order valence-corrected chi connectivity index (χ2v) is 5.23. The molecular formula is C15H18FN3O. The smallest absolute Gasteiger partial charge is 0.158 e. The maximum Gasteiger partial charge on any atom is 0.158 e. The molecule has 0 saturated carbocycles. The number of hydrogen-bond donors (Lipinski definition) is 1. The van der Waals surface area contributed by atoms with E-state index in [4.69, 9.17) is 4.74 Å². The first-order chi connectivity index (χ1) is 9.73. The third-order valence-electron chi connectivity index (χ3n) is 3.49. The van der Waals surface area contributed by atoms with E-state index in [0.717, 1.165) is 0 Å². The molecule has 2 aromatic rings. The number of hydrogen-bond acceptors (Lipinski definition) is 3. The topological polar surface area (TPSA) is 39.1 Å². The minimum absolute atomic E-state index is 0.0804. The van der Waals surface area contributed by atoms with Crippen molar-refractivity contribution in [3.63, 3.8) is 0 Å². The SMILES string of the molecule is FC1(COc2cnn(Cc3ccccc3)c2)CCNC1. The van der Waals surface area contributed by atoms with E-state index in [9.17, 15) is 4.39 Å². The summed E-state index contributed by atoms with van der Waals surface area (Å²) in [5.74, 6) is 0.616. The Morgan fingerprint density at radius 3 is 2.95 bits per heavy atom. The number of alkyl halides is 1. The number of nitrogens with one attached hydrogen (secondary N) is 1. The highest BCUT2D eigenvalue weighted by atomic mass is 19.1. The highest BCUT2D eigenvalue weighted by molar-refractivity contribution is 5.17. The molecule has 4 nitrogen and oxygen atoms in total. The van der Waals surface area contributed by atoms with Crippen LogP contribution in [0.2, 0.25) is 0 Å². The Kier molecular flexibility index (Phi) is 3.69. The average molecular weight is 275 g/mol. The minimum atomic E-state index is -1.25. The summed E-state index contributed by atoms with van der Waals surface area (Å²) in [7, 11) is 0. The van der Waals surface area contributed by atoms with Crippen molar-refractivity contribution in [3.8, 4) is 5.75 Å². The standard InChI is InChI=1S/C15H18FN3O/c16-15(6-7-17-11-15)12-20-14-8-18-19(10-14)9-13-4-2-1-3-5-13/h1-5,8,10,17H,6-7,9,11-12H2. The van der Waals surface area contributed by atoms with E-state index in [-0.39, 0.29) is 6.61 Å². The lowest BCUT2D eigenvalue weighted by molar-refractivity contribution is 0.103. The Balaban J connectivity index is 1.57. The summed E-state index contributed by atoms with van der Waals surface area (Å²) in [5, 5.41) is 7.24. The Morgan fingerprint density at radius 1 is 1.35 bits per heavy atom. The predicted octanol–water partition coefficient (Wildman–Crippen LogP) is 2.01. The van der Waals surface area contributed by atoms with E-state index in [1.807, 2.05) is 30.3 Å². The number of aromatic nitrogens is 2. The molecule has 0 amide bonds. The molecule has 1 unspecified atom stereocenters. The zero-order chi connectivity index (χ0) is 13.8. The van der Waals surface area contributed by atoms with Gasteiger partial charge >= 0.3 is 0 Å². The van der Waals surface area contributed by atoms with Gasteiger partial charge in [0.25, 0.3) is 0 Å². The zero-order valence-corrected chi connectivity index (χ0v) is 11.3. The second-order valence-electron chi connectivity index (χ2n) is 5.23. The molecule has 0 radical (unpaired) electrons. The van der Waals surface area contributed by atoms with Crippen molar-refractivity contribution in [2.45, 2.75) is 18.6 Å². The van der Waals surface area contributed by atoms with E-state index >= 15 is 0 Å². The van der Waals surface area contributed by atoms with Crippen LogP contribution in [0.5, 0.6) is 5.75 Å². The molecular weight excluding hydrogens is 257 g/mol. The molecule has 0 spiro atoms.